The van der Waals surface area contributed by atoms with Gasteiger partial charge in [0.1, 0.15) is 0 Å². The highest BCUT2D eigenvalue weighted by Gasteiger charge is 2.31. The molecule has 0 aromatic carbocycles. The average molecular weight is 168 g/mol. The van der Waals surface area contributed by atoms with E-state index in [2.05, 4.69) is 4.90 Å². The predicted octanol–water partition coefficient (Wildman–Crippen LogP) is 1.21. The van der Waals surface area contributed by atoms with E-state index >= 15 is 0 Å². The lowest BCUT2D eigenvalue weighted by molar-refractivity contribution is 0.200. The van der Waals surface area contributed by atoms with Crippen LogP contribution < -0.4 is 5.73 Å². The Hall–Kier alpha value is -0.0800. The third kappa shape index (κ3) is 1.50. The maximum Gasteiger partial charge on any atom is 0.0135 e. The van der Waals surface area contributed by atoms with E-state index in [-0.39, 0.29) is 0 Å². The average Bonchev–Trinajstić information content (AvgIpc) is 2.74. The molecule has 0 spiro atoms. The van der Waals surface area contributed by atoms with E-state index < -0.39 is 0 Å². The highest BCUT2D eigenvalue weighted by atomic mass is 15.2. The van der Waals surface area contributed by atoms with E-state index in [1.54, 1.807) is 0 Å². The van der Waals surface area contributed by atoms with Crippen LogP contribution in [-0.2, 0) is 0 Å². The molecular weight excluding hydrogens is 148 g/mol. The van der Waals surface area contributed by atoms with E-state index in [9.17, 15) is 0 Å². The van der Waals surface area contributed by atoms with Crippen molar-refractivity contribution in [3.63, 3.8) is 0 Å². The first-order valence-corrected chi connectivity index (χ1v) is 5.36. The van der Waals surface area contributed by atoms with Crippen molar-refractivity contribution in [2.24, 2.45) is 11.7 Å². The Bertz CT molecular complexity index is 141. The minimum absolute atomic E-state index is 0.808. The molecule has 2 atom stereocenters. The van der Waals surface area contributed by atoms with Crippen LogP contribution in [0.5, 0.6) is 0 Å². The Morgan fingerprint density at radius 1 is 1.08 bits per heavy atom. The molecule has 2 heteroatoms. The van der Waals surface area contributed by atoms with Gasteiger partial charge in [0, 0.05) is 6.04 Å². The lowest BCUT2D eigenvalue weighted by Gasteiger charge is -2.28. The van der Waals surface area contributed by atoms with Gasteiger partial charge in [0.25, 0.3) is 0 Å². The molecule has 1 saturated heterocycles. The van der Waals surface area contributed by atoms with Crippen molar-refractivity contribution < 1.29 is 0 Å². The molecule has 70 valence electrons. The summed E-state index contributed by atoms with van der Waals surface area (Å²) in [6.45, 7) is 3.57. The molecule has 2 N–H and O–H groups in total. The zero-order valence-corrected chi connectivity index (χ0v) is 7.84. The SMILES string of the molecule is NC[C@H]1CCC[C@H]1N1CCCC1. The van der Waals surface area contributed by atoms with Gasteiger partial charge in [0.15, 0.2) is 0 Å². The Morgan fingerprint density at radius 3 is 2.50 bits per heavy atom. The van der Waals surface area contributed by atoms with Gasteiger partial charge in [0.2, 0.25) is 0 Å². The van der Waals surface area contributed by atoms with Crippen LogP contribution in [0.4, 0.5) is 0 Å². The fourth-order valence-electron chi connectivity index (χ4n) is 2.85. The maximum atomic E-state index is 5.77. The summed E-state index contributed by atoms with van der Waals surface area (Å²) in [5, 5.41) is 0. The van der Waals surface area contributed by atoms with Gasteiger partial charge in [-0.05, 0) is 51.2 Å². The van der Waals surface area contributed by atoms with Gasteiger partial charge in [-0.2, -0.15) is 0 Å². The topological polar surface area (TPSA) is 29.3 Å². The largest absolute Gasteiger partial charge is 0.330 e. The number of rotatable bonds is 2. The van der Waals surface area contributed by atoms with E-state index in [1.807, 2.05) is 0 Å². The minimum Gasteiger partial charge on any atom is -0.330 e. The van der Waals surface area contributed by atoms with E-state index in [4.69, 9.17) is 5.73 Å². The molecule has 12 heavy (non-hydrogen) atoms. The first kappa shape index (κ1) is 8.52. The Labute approximate surface area is 75.1 Å². The molecule has 1 saturated carbocycles. The normalized spacial score (nSPS) is 37.8. The molecule has 2 aliphatic rings. The monoisotopic (exact) mass is 168 g/mol. The van der Waals surface area contributed by atoms with Crippen LogP contribution in [-0.4, -0.2) is 30.6 Å². The van der Waals surface area contributed by atoms with E-state index in [1.165, 1.54) is 45.2 Å². The second-order valence-electron chi connectivity index (χ2n) is 4.24. The number of nitrogens with two attached hydrogens (primary N) is 1. The van der Waals surface area contributed by atoms with Gasteiger partial charge in [-0.25, -0.2) is 0 Å². The molecule has 0 aromatic rings. The van der Waals surface area contributed by atoms with Crippen molar-refractivity contribution in [3.8, 4) is 0 Å². The molecule has 1 aliphatic carbocycles. The molecule has 0 amide bonds. The maximum absolute atomic E-state index is 5.77. The molecule has 0 radical (unpaired) electrons. The van der Waals surface area contributed by atoms with Crippen molar-refractivity contribution in [1.82, 2.24) is 4.90 Å². The van der Waals surface area contributed by atoms with Gasteiger partial charge >= 0.3 is 0 Å². The number of hydrogen-bond donors (Lipinski definition) is 1. The second kappa shape index (κ2) is 3.75. The smallest absolute Gasteiger partial charge is 0.0135 e. The summed E-state index contributed by atoms with van der Waals surface area (Å²) < 4.78 is 0. The number of hydrogen-bond acceptors (Lipinski definition) is 2. The predicted molar refractivity (Wildman–Crippen MR) is 51.0 cm³/mol. The third-order valence-electron chi connectivity index (χ3n) is 3.53. The second-order valence-corrected chi connectivity index (χ2v) is 4.24. The molecule has 2 rings (SSSR count). The molecule has 0 bridgehead atoms. The van der Waals surface area contributed by atoms with Crippen LogP contribution in [0.1, 0.15) is 32.1 Å². The molecule has 0 aromatic heterocycles. The summed E-state index contributed by atoms with van der Waals surface area (Å²) in [7, 11) is 0. The van der Waals surface area contributed by atoms with Gasteiger partial charge in [0.05, 0.1) is 0 Å². The fraction of sp³-hybridized carbons (Fsp3) is 1.00. The number of likely N-dealkylation sites (tertiary alicyclic amines) is 1. The molecule has 0 unspecified atom stereocenters. The first-order chi connectivity index (χ1) is 5.92. The van der Waals surface area contributed by atoms with Crippen molar-refractivity contribution in [2.75, 3.05) is 19.6 Å². The quantitative estimate of drug-likeness (QED) is 0.671. The van der Waals surface area contributed by atoms with Crippen LogP contribution in [0.15, 0.2) is 0 Å². The minimum atomic E-state index is 0.808. The summed E-state index contributed by atoms with van der Waals surface area (Å²) >= 11 is 0. The standard InChI is InChI=1S/C10H20N2/c11-8-9-4-3-5-10(9)12-6-1-2-7-12/h9-10H,1-8,11H2/t9-,10-/m1/s1. The van der Waals surface area contributed by atoms with Crippen LogP contribution in [0.25, 0.3) is 0 Å². The highest BCUT2D eigenvalue weighted by molar-refractivity contribution is 4.87. The zero-order chi connectivity index (χ0) is 8.39. The van der Waals surface area contributed by atoms with E-state index in [0.29, 0.717) is 0 Å². The summed E-state index contributed by atoms with van der Waals surface area (Å²) in [5.41, 5.74) is 5.77. The summed E-state index contributed by atoms with van der Waals surface area (Å²) in [6, 6.07) is 0.845. The van der Waals surface area contributed by atoms with Gasteiger partial charge < -0.3 is 10.6 Å². The van der Waals surface area contributed by atoms with Crippen molar-refractivity contribution in [1.29, 1.82) is 0 Å². The van der Waals surface area contributed by atoms with Crippen molar-refractivity contribution in [3.05, 3.63) is 0 Å². The van der Waals surface area contributed by atoms with Crippen LogP contribution in [0, 0.1) is 5.92 Å². The van der Waals surface area contributed by atoms with Gasteiger partial charge in [-0.15, -0.1) is 0 Å². The Morgan fingerprint density at radius 2 is 1.83 bits per heavy atom. The molecule has 2 fully saturated rings. The first-order valence-electron chi connectivity index (χ1n) is 5.36. The van der Waals surface area contributed by atoms with Crippen molar-refractivity contribution in [2.45, 2.75) is 38.1 Å². The van der Waals surface area contributed by atoms with Crippen LogP contribution in [0.2, 0.25) is 0 Å². The summed E-state index contributed by atoms with van der Waals surface area (Å²) in [5.74, 6) is 0.808. The fourth-order valence-corrected chi connectivity index (χ4v) is 2.85. The Balaban J connectivity index is 1.92. The van der Waals surface area contributed by atoms with Gasteiger partial charge in [-0.3, -0.25) is 0 Å². The molecule has 1 heterocycles. The third-order valence-corrected chi connectivity index (χ3v) is 3.53. The molecule has 2 nitrogen and oxygen atoms in total. The van der Waals surface area contributed by atoms with Crippen molar-refractivity contribution >= 4 is 0 Å². The molecular formula is C10H20N2. The lowest BCUT2D eigenvalue weighted by Crippen LogP contribution is -2.38. The number of nitrogens with zero attached hydrogens (tertiary/aromatic N) is 1. The zero-order valence-electron chi connectivity index (χ0n) is 7.84. The Kier molecular flexibility index (Phi) is 2.66. The summed E-state index contributed by atoms with van der Waals surface area (Å²) in [4.78, 5) is 2.67. The van der Waals surface area contributed by atoms with Crippen LogP contribution >= 0.6 is 0 Å². The summed E-state index contributed by atoms with van der Waals surface area (Å²) in [6.07, 6.45) is 7.00. The molecule has 1 aliphatic heterocycles. The van der Waals surface area contributed by atoms with E-state index in [0.717, 1.165) is 18.5 Å². The van der Waals surface area contributed by atoms with Gasteiger partial charge in [-0.1, -0.05) is 6.42 Å². The highest BCUT2D eigenvalue weighted by Crippen LogP contribution is 2.31. The van der Waals surface area contributed by atoms with Crippen LogP contribution in [0.3, 0.4) is 0 Å². The lowest BCUT2D eigenvalue weighted by atomic mass is 10.0.